The zero-order valence-corrected chi connectivity index (χ0v) is 56.3. The summed E-state index contributed by atoms with van der Waals surface area (Å²) in [6.45, 7) is 14.0. The Balaban J connectivity index is 5.26. The molecular weight excluding hydrogens is 1110 g/mol. The Morgan fingerprint density at radius 3 is 0.845 bits per heavy atom. The molecule has 498 valence electrons. The molecule has 0 aliphatic rings. The van der Waals surface area contributed by atoms with Crippen LogP contribution in [0.4, 0.5) is 0 Å². The topological polar surface area (TPSA) is 237 Å². The lowest BCUT2D eigenvalue weighted by atomic mass is 10.00. The first-order valence-corrected chi connectivity index (χ1v) is 36.7. The fourth-order valence-electron chi connectivity index (χ4n) is 9.57. The van der Waals surface area contributed by atoms with Gasteiger partial charge in [0.2, 0.25) is 0 Å². The molecule has 0 aromatic carbocycles. The van der Waals surface area contributed by atoms with E-state index in [0.29, 0.717) is 25.7 Å². The maximum atomic E-state index is 13.0. The minimum atomic E-state index is -4.95. The average molecular weight is 1240 g/mol. The first-order valence-electron chi connectivity index (χ1n) is 33.7. The number of unbranched alkanes of at least 4 members (excludes halogenated alkanes) is 27. The van der Waals surface area contributed by atoms with Gasteiger partial charge in [0.25, 0.3) is 0 Å². The molecule has 0 spiro atoms. The lowest BCUT2D eigenvalue weighted by Gasteiger charge is -2.21. The number of ether oxygens (including phenoxy) is 4. The van der Waals surface area contributed by atoms with Crippen molar-refractivity contribution in [1.29, 1.82) is 0 Å². The third kappa shape index (κ3) is 57.8. The van der Waals surface area contributed by atoms with Gasteiger partial charge in [-0.2, -0.15) is 0 Å². The van der Waals surface area contributed by atoms with Crippen LogP contribution in [-0.2, 0) is 65.4 Å². The molecule has 4 unspecified atom stereocenters. The van der Waals surface area contributed by atoms with Gasteiger partial charge >= 0.3 is 39.5 Å². The van der Waals surface area contributed by atoms with Crippen molar-refractivity contribution >= 4 is 39.5 Å². The summed E-state index contributed by atoms with van der Waals surface area (Å²) >= 11 is 0. The molecule has 0 fully saturated rings. The Bertz CT molecular complexity index is 1680. The highest BCUT2D eigenvalue weighted by molar-refractivity contribution is 7.47. The third-order valence-corrected chi connectivity index (χ3v) is 17.1. The molecule has 0 aromatic rings. The molecule has 0 saturated carbocycles. The van der Waals surface area contributed by atoms with Crippen molar-refractivity contribution in [3.05, 3.63) is 0 Å². The number of phosphoric acid groups is 2. The van der Waals surface area contributed by atoms with Gasteiger partial charge < -0.3 is 33.8 Å². The number of aliphatic hydroxyl groups excluding tert-OH is 1. The fraction of sp³-hybridized carbons (Fsp3) is 0.938. The van der Waals surface area contributed by atoms with E-state index in [-0.39, 0.29) is 25.7 Å². The van der Waals surface area contributed by atoms with Crippen LogP contribution in [-0.4, -0.2) is 96.7 Å². The number of carbonyl (C=O) groups excluding carboxylic acids is 4. The summed E-state index contributed by atoms with van der Waals surface area (Å²) in [7, 11) is -9.89. The van der Waals surface area contributed by atoms with Crippen molar-refractivity contribution in [2.75, 3.05) is 39.6 Å². The SMILES string of the molecule is CCC(C)CCCCCCCCC(=O)O[C@H](COC(=O)CCCCCCCCCCC(C)C)COP(=O)(O)OCC(O)COP(=O)(O)OC[C@@H](COC(=O)CCCCCCCCCCCC(C)C)OC(=O)CCCCCCCCCCC(C)C. The summed E-state index contributed by atoms with van der Waals surface area (Å²) in [6.07, 6.45) is 34.9. The zero-order chi connectivity index (χ0) is 62.5. The van der Waals surface area contributed by atoms with Gasteiger partial charge in [-0.1, -0.05) is 261 Å². The van der Waals surface area contributed by atoms with Gasteiger partial charge in [0.1, 0.15) is 19.3 Å². The molecule has 19 heteroatoms. The first-order chi connectivity index (χ1) is 40.1. The highest BCUT2D eigenvalue weighted by Gasteiger charge is 2.30. The molecule has 3 N–H and O–H groups in total. The van der Waals surface area contributed by atoms with Crippen LogP contribution in [0.5, 0.6) is 0 Å². The van der Waals surface area contributed by atoms with Gasteiger partial charge in [0, 0.05) is 25.7 Å². The third-order valence-electron chi connectivity index (χ3n) is 15.2. The predicted molar refractivity (Wildman–Crippen MR) is 335 cm³/mol. The summed E-state index contributed by atoms with van der Waals surface area (Å²) in [5, 5.41) is 10.5. The van der Waals surface area contributed by atoms with E-state index < -0.39 is 97.5 Å². The minimum Gasteiger partial charge on any atom is -0.462 e. The normalized spacial score (nSPS) is 14.7. The monoisotopic (exact) mass is 1240 g/mol. The Kier molecular flexibility index (Phi) is 53.9. The lowest BCUT2D eigenvalue weighted by molar-refractivity contribution is -0.161. The summed E-state index contributed by atoms with van der Waals surface area (Å²) in [5.74, 6) is 0.768. The predicted octanol–water partition coefficient (Wildman–Crippen LogP) is 17.8. The van der Waals surface area contributed by atoms with Crippen molar-refractivity contribution in [3.63, 3.8) is 0 Å². The maximum Gasteiger partial charge on any atom is 0.472 e. The minimum absolute atomic E-state index is 0.102. The molecule has 6 atom stereocenters. The van der Waals surface area contributed by atoms with E-state index in [9.17, 15) is 43.2 Å². The van der Waals surface area contributed by atoms with Crippen molar-refractivity contribution in [3.8, 4) is 0 Å². The molecule has 17 nitrogen and oxygen atoms in total. The smallest absolute Gasteiger partial charge is 0.462 e. The number of carbonyl (C=O) groups is 4. The van der Waals surface area contributed by atoms with E-state index in [4.69, 9.17) is 37.0 Å². The van der Waals surface area contributed by atoms with Crippen LogP contribution < -0.4 is 0 Å². The molecule has 0 aromatic heterocycles. The average Bonchev–Trinajstić information content (AvgIpc) is 3.48. The van der Waals surface area contributed by atoms with E-state index in [1.54, 1.807) is 0 Å². The summed E-state index contributed by atoms with van der Waals surface area (Å²) in [5.41, 5.74) is 0. The number of phosphoric ester groups is 2. The lowest BCUT2D eigenvalue weighted by Crippen LogP contribution is -2.30. The highest BCUT2D eigenvalue weighted by atomic mass is 31.2. The van der Waals surface area contributed by atoms with Crippen LogP contribution in [0.15, 0.2) is 0 Å². The van der Waals surface area contributed by atoms with Gasteiger partial charge in [-0.05, 0) is 49.4 Å². The molecule has 0 aliphatic heterocycles. The highest BCUT2D eigenvalue weighted by Crippen LogP contribution is 2.45. The second-order valence-electron chi connectivity index (χ2n) is 25.2. The van der Waals surface area contributed by atoms with Crippen molar-refractivity contribution in [2.24, 2.45) is 23.7 Å². The van der Waals surface area contributed by atoms with Gasteiger partial charge in [-0.3, -0.25) is 37.3 Å². The van der Waals surface area contributed by atoms with Crippen LogP contribution in [0.25, 0.3) is 0 Å². The van der Waals surface area contributed by atoms with Crippen molar-refractivity contribution in [1.82, 2.24) is 0 Å². The number of rotatable bonds is 62. The number of esters is 4. The fourth-order valence-corrected chi connectivity index (χ4v) is 11.2. The first kappa shape index (κ1) is 82.1. The molecule has 0 heterocycles. The van der Waals surface area contributed by atoms with Crippen LogP contribution in [0, 0.1) is 23.7 Å². The summed E-state index contributed by atoms with van der Waals surface area (Å²) in [6, 6.07) is 0. The van der Waals surface area contributed by atoms with Gasteiger partial charge in [0.05, 0.1) is 26.4 Å². The maximum absolute atomic E-state index is 13.0. The van der Waals surface area contributed by atoms with Crippen molar-refractivity contribution < 1.29 is 80.2 Å². The van der Waals surface area contributed by atoms with E-state index in [0.717, 1.165) is 114 Å². The Morgan fingerprint density at radius 1 is 0.333 bits per heavy atom. The molecule has 0 rings (SSSR count). The largest absolute Gasteiger partial charge is 0.472 e. The second-order valence-corrected chi connectivity index (χ2v) is 28.1. The molecule has 0 radical (unpaired) electrons. The summed E-state index contributed by atoms with van der Waals surface area (Å²) < 4.78 is 68.0. The van der Waals surface area contributed by atoms with Gasteiger partial charge in [-0.15, -0.1) is 0 Å². The number of hydrogen-bond acceptors (Lipinski definition) is 15. The molecule has 0 aliphatic carbocycles. The van der Waals surface area contributed by atoms with Crippen LogP contribution in [0.2, 0.25) is 0 Å². The molecule has 0 saturated heterocycles. The van der Waals surface area contributed by atoms with Crippen LogP contribution in [0.3, 0.4) is 0 Å². The standard InChI is InChI=1S/C65H126O17P2/c1-9-58(8)44-36-28-23-24-32-40-48-65(70)82-61(52-76-63(68)46-38-30-21-15-13-18-26-34-42-56(4)5)54-80-84(73,74)78-50-59(66)49-77-83(71,72)79-53-60(81-64(69)47-39-31-22-16-14-19-27-35-43-57(6)7)51-75-62(67)45-37-29-20-12-10-11-17-25-33-41-55(2)3/h55-61,66H,9-54H2,1-8H3,(H,71,72)(H,73,74)/t58?,59?,60-,61-/m1/s1. The van der Waals surface area contributed by atoms with E-state index in [1.807, 2.05) is 0 Å². The quantitative estimate of drug-likeness (QED) is 0.0222. The Hall–Kier alpha value is -1.94. The van der Waals surface area contributed by atoms with Crippen molar-refractivity contribution in [2.45, 2.75) is 331 Å². The number of hydrogen-bond donors (Lipinski definition) is 3. The Labute approximate surface area is 511 Å². The van der Waals surface area contributed by atoms with Gasteiger partial charge in [-0.25, -0.2) is 9.13 Å². The van der Waals surface area contributed by atoms with E-state index in [1.165, 1.54) is 116 Å². The molecular formula is C65H126O17P2. The molecule has 0 amide bonds. The van der Waals surface area contributed by atoms with E-state index in [2.05, 4.69) is 55.4 Å². The molecule has 0 bridgehead atoms. The van der Waals surface area contributed by atoms with Crippen LogP contribution >= 0.6 is 15.6 Å². The van der Waals surface area contributed by atoms with Gasteiger partial charge in [0.15, 0.2) is 12.2 Å². The summed E-state index contributed by atoms with van der Waals surface area (Å²) in [4.78, 5) is 72.3. The van der Waals surface area contributed by atoms with E-state index >= 15 is 0 Å². The zero-order valence-electron chi connectivity index (χ0n) is 54.5. The Morgan fingerprint density at radius 2 is 0.571 bits per heavy atom. The molecule has 84 heavy (non-hydrogen) atoms. The second kappa shape index (κ2) is 55.2. The van der Waals surface area contributed by atoms with Crippen LogP contribution in [0.1, 0.15) is 312 Å². The number of aliphatic hydroxyl groups is 1.